The van der Waals surface area contributed by atoms with Crippen molar-refractivity contribution < 1.29 is 26.7 Å². The molecule has 2 aromatic rings. The van der Waals surface area contributed by atoms with E-state index in [-0.39, 0.29) is 6.42 Å². The second kappa shape index (κ2) is 6.03. The highest BCUT2D eigenvalue weighted by Gasteiger charge is 2.25. The zero-order chi connectivity index (χ0) is 15.6. The van der Waals surface area contributed by atoms with Gasteiger partial charge >= 0.3 is 0 Å². The maximum Gasteiger partial charge on any atom is 0.200 e. The molecule has 0 amide bonds. The maximum absolute atomic E-state index is 13.4. The van der Waals surface area contributed by atoms with Crippen molar-refractivity contribution in [1.82, 2.24) is 0 Å². The number of halogens is 5. The van der Waals surface area contributed by atoms with Crippen molar-refractivity contribution in [3.63, 3.8) is 0 Å². The van der Waals surface area contributed by atoms with E-state index in [4.69, 9.17) is 0 Å². The highest BCUT2D eigenvalue weighted by Crippen LogP contribution is 2.24. The molecule has 0 aliphatic rings. The van der Waals surface area contributed by atoms with Crippen LogP contribution in [0.25, 0.3) is 0 Å². The summed E-state index contributed by atoms with van der Waals surface area (Å²) in [6, 6.07) is 7.89. The third kappa shape index (κ3) is 2.94. The van der Waals surface area contributed by atoms with Gasteiger partial charge in [-0.15, -0.1) is 0 Å². The van der Waals surface area contributed by atoms with Crippen molar-refractivity contribution in [2.75, 3.05) is 0 Å². The van der Waals surface area contributed by atoms with Gasteiger partial charge in [0.05, 0.1) is 0 Å². The molecule has 0 unspecified atom stereocenters. The number of rotatable bonds is 4. The van der Waals surface area contributed by atoms with E-state index in [0.29, 0.717) is 5.56 Å². The third-order valence-corrected chi connectivity index (χ3v) is 3.00. The molecular formula is C15H9F5O. The number of carbonyl (C=O) groups is 1. The van der Waals surface area contributed by atoms with Crippen LogP contribution in [-0.2, 0) is 6.42 Å². The molecule has 21 heavy (non-hydrogen) atoms. The first-order chi connectivity index (χ1) is 9.93. The Morgan fingerprint density at radius 2 is 1.24 bits per heavy atom. The Hall–Kier alpha value is -2.24. The van der Waals surface area contributed by atoms with E-state index in [1.807, 2.05) is 0 Å². The van der Waals surface area contributed by atoms with Gasteiger partial charge in [0.15, 0.2) is 29.1 Å². The van der Waals surface area contributed by atoms with Crippen LogP contribution in [0.3, 0.4) is 0 Å². The SMILES string of the molecule is O=C(CCc1c(F)c(F)c(F)c(F)c1F)c1ccccc1. The van der Waals surface area contributed by atoms with E-state index in [0.717, 1.165) is 0 Å². The topological polar surface area (TPSA) is 17.1 Å². The summed E-state index contributed by atoms with van der Waals surface area (Å²) in [6.07, 6.45) is -0.929. The van der Waals surface area contributed by atoms with Crippen LogP contribution in [0.15, 0.2) is 30.3 Å². The van der Waals surface area contributed by atoms with Gasteiger partial charge in [0.1, 0.15) is 0 Å². The Morgan fingerprint density at radius 3 is 1.76 bits per heavy atom. The van der Waals surface area contributed by atoms with Crippen LogP contribution in [0.4, 0.5) is 22.0 Å². The van der Waals surface area contributed by atoms with Gasteiger partial charge in [-0.05, 0) is 6.42 Å². The monoisotopic (exact) mass is 300 g/mol. The number of hydrogen-bond acceptors (Lipinski definition) is 1. The molecule has 1 nitrogen and oxygen atoms in total. The normalized spacial score (nSPS) is 10.7. The minimum Gasteiger partial charge on any atom is -0.294 e. The molecule has 6 heteroatoms. The predicted octanol–water partition coefficient (Wildman–Crippen LogP) is 4.20. The van der Waals surface area contributed by atoms with Crippen molar-refractivity contribution in [2.45, 2.75) is 12.8 Å². The molecule has 0 aliphatic carbocycles. The van der Waals surface area contributed by atoms with E-state index < -0.39 is 46.9 Å². The summed E-state index contributed by atoms with van der Waals surface area (Å²) in [4.78, 5) is 11.8. The van der Waals surface area contributed by atoms with Gasteiger partial charge in [0.25, 0.3) is 0 Å². The van der Waals surface area contributed by atoms with Crippen LogP contribution in [0.1, 0.15) is 22.3 Å². The van der Waals surface area contributed by atoms with Gasteiger partial charge in [0, 0.05) is 17.5 Å². The molecule has 0 bridgehead atoms. The first-order valence-electron chi connectivity index (χ1n) is 6.02. The lowest BCUT2D eigenvalue weighted by Crippen LogP contribution is -2.09. The average molecular weight is 300 g/mol. The Bertz CT molecular complexity index is 653. The molecule has 0 saturated heterocycles. The fraction of sp³-hybridized carbons (Fsp3) is 0.133. The number of benzene rings is 2. The van der Waals surface area contributed by atoms with Crippen LogP contribution in [0, 0.1) is 29.1 Å². The Labute approximate surface area is 117 Å². The standard InChI is InChI=1S/C15H9F5O/c16-11-9(12(17)14(19)15(20)13(11)18)6-7-10(21)8-4-2-1-3-5-8/h1-5H,6-7H2. The van der Waals surface area contributed by atoms with Gasteiger partial charge in [-0.3, -0.25) is 4.79 Å². The zero-order valence-corrected chi connectivity index (χ0v) is 10.6. The molecule has 0 atom stereocenters. The molecular weight excluding hydrogens is 291 g/mol. The van der Waals surface area contributed by atoms with Gasteiger partial charge in [-0.25, -0.2) is 22.0 Å². The van der Waals surface area contributed by atoms with Crippen molar-refractivity contribution in [1.29, 1.82) is 0 Å². The molecule has 0 fully saturated rings. The molecule has 110 valence electrons. The number of Topliss-reactive ketones (excluding diaryl/α,β-unsaturated/α-hetero) is 1. The smallest absolute Gasteiger partial charge is 0.200 e. The van der Waals surface area contributed by atoms with E-state index in [2.05, 4.69) is 0 Å². The van der Waals surface area contributed by atoms with E-state index in [1.54, 1.807) is 18.2 Å². The van der Waals surface area contributed by atoms with E-state index >= 15 is 0 Å². The summed E-state index contributed by atoms with van der Waals surface area (Å²) in [5, 5.41) is 0. The summed E-state index contributed by atoms with van der Waals surface area (Å²) in [6.45, 7) is 0. The van der Waals surface area contributed by atoms with Gasteiger partial charge < -0.3 is 0 Å². The molecule has 2 rings (SSSR count). The predicted molar refractivity (Wildman–Crippen MR) is 65.3 cm³/mol. The second-order valence-corrected chi connectivity index (χ2v) is 4.34. The fourth-order valence-electron chi connectivity index (χ4n) is 1.88. The molecule has 0 heterocycles. The van der Waals surface area contributed by atoms with E-state index in [9.17, 15) is 26.7 Å². The highest BCUT2D eigenvalue weighted by atomic mass is 19.2. The molecule has 0 aromatic heterocycles. The van der Waals surface area contributed by atoms with Gasteiger partial charge in [0.2, 0.25) is 5.82 Å². The van der Waals surface area contributed by atoms with Crippen LogP contribution < -0.4 is 0 Å². The van der Waals surface area contributed by atoms with Gasteiger partial charge in [-0.2, -0.15) is 0 Å². The van der Waals surface area contributed by atoms with Crippen LogP contribution in [0.5, 0.6) is 0 Å². The first kappa shape index (κ1) is 15.2. The minimum absolute atomic E-state index is 0.307. The zero-order valence-electron chi connectivity index (χ0n) is 10.6. The Kier molecular flexibility index (Phi) is 4.35. The van der Waals surface area contributed by atoms with Crippen molar-refractivity contribution >= 4 is 5.78 Å². The lowest BCUT2D eigenvalue weighted by Gasteiger charge is -2.07. The number of hydrogen-bond donors (Lipinski definition) is 0. The largest absolute Gasteiger partial charge is 0.294 e. The summed E-state index contributed by atoms with van der Waals surface area (Å²) in [5.41, 5.74) is -0.669. The Morgan fingerprint density at radius 1 is 0.762 bits per heavy atom. The Balaban J connectivity index is 2.23. The molecule has 0 radical (unpaired) electrons. The average Bonchev–Trinajstić information content (AvgIpc) is 2.51. The fourth-order valence-corrected chi connectivity index (χ4v) is 1.88. The van der Waals surface area contributed by atoms with Crippen molar-refractivity contribution in [3.8, 4) is 0 Å². The molecule has 0 saturated carbocycles. The maximum atomic E-state index is 13.4. The first-order valence-corrected chi connectivity index (χ1v) is 6.02. The summed E-state index contributed by atoms with van der Waals surface area (Å²) in [5.74, 6) is -10.4. The van der Waals surface area contributed by atoms with E-state index in [1.165, 1.54) is 12.1 Å². The summed E-state index contributed by atoms with van der Waals surface area (Å²) < 4.78 is 65.7. The lowest BCUT2D eigenvalue weighted by molar-refractivity contribution is 0.0982. The number of ketones is 1. The van der Waals surface area contributed by atoms with Crippen molar-refractivity contribution in [2.24, 2.45) is 0 Å². The quantitative estimate of drug-likeness (QED) is 0.358. The second-order valence-electron chi connectivity index (χ2n) is 4.34. The minimum atomic E-state index is -2.21. The molecule has 0 spiro atoms. The van der Waals surface area contributed by atoms with Crippen LogP contribution in [0.2, 0.25) is 0 Å². The molecule has 2 aromatic carbocycles. The number of carbonyl (C=O) groups excluding carboxylic acids is 1. The summed E-state index contributed by atoms with van der Waals surface area (Å²) >= 11 is 0. The summed E-state index contributed by atoms with van der Waals surface area (Å²) in [7, 11) is 0. The third-order valence-electron chi connectivity index (χ3n) is 3.00. The molecule has 0 N–H and O–H groups in total. The van der Waals surface area contributed by atoms with Crippen molar-refractivity contribution in [3.05, 3.63) is 70.5 Å². The van der Waals surface area contributed by atoms with Gasteiger partial charge in [-0.1, -0.05) is 30.3 Å². The highest BCUT2D eigenvalue weighted by molar-refractivity contribution is 5.96. The van der Waals surface area contributed by atoms with Crippen LogP contribution in [-0.4, -0.2) is 5.78 Å². The lowest BCUT2D eigenvalue weighted by atomic mass is 10.0. The molecule has 0 aliphatic heterocycles. The van der Waals surface area contributed by atoms with Crippen LogP contribution >= 0.6 is 0 Å².